The van der Waals surface area contributed by atoms with Gasteiger partial charge in [0.2, 0.25) is 0 Å². The van der Waals surface area contributed by atoms with Crippen LogP contribution in [0, 0.1) is 17.6 Å². The number of hydrogen-bond acceptors (Lipinski definition) is 5. The predicted octanol–water partition coefficient (Wildman–Crippen LogP) is 5.72. The van der Waals surface area contributed by atoms with E-state index in [4.69, 9.17) is 4.74 Å². The number of nitrogens with one attached hydrogen (secondary N) is 2. The Bertz CT molecular complexity index is 1460. The number of anilines is 1. The second-order valence-corrected chi connectivity index (χ2v) is 11.9. The topological polar surface area (TPSA) is 66.0 Å². The van der Waals surface area contributed by atoms with Crippen molar-refractivity contribution in [3.63, 3.8) is 0 Å². The Hall–Kier alpha value is -3.62. The summed E-state index contributed by atoms with van der Waals surface area (Å²) in [6.07, 6.45) is 5.39. The maximum absolute atomic E-state index is 13.7. The van der Waals surface area contributed by atoms with Gasteiger partial charge in [0.05, 0.1) is 6.54 Å². The number of ether oxygens (including phenoxy) is 1. The molecule has 2 fully saturated rings. The molecule has 3 aliphatic heterocycles. The fourth-order valence-electron chi connectivity index (χ4n) is 6.30. The van der Waals surface area contributed by atoms with Crippen LogP contribution >= 0.6 is 0 Å². The van der Waals surface area contributed by atoms with Crippen molar-refractivity contribution in [3.8, 4) is 0 Å². The van der Waals surface area contributed by atoms with Crippen LogP contribution in [0.5, 0.6) is 0 Å². The fraction of sp³-hybridized carbons (Fsp3) is 0.412. The van der Waals surface area contributed by atoms with Gasteiger partial charge < -0.3 is 20.3 Å². The third-order valence-corrected chi connectivity index (χ3v) is 8.69. The number of amides is 1. The second kappa shape index (κ2) is 12.7. The number of aliphatic imine (C=N–C) groups is 1. The molecule has 3 aromatic rings. The van der Waals surface area contributed by atoms with E-state index in [0.717, 1.165) is 92.4 Å². The summed E-state index contributed by atoms with van der Waals surface area (Å²) in [5.74, 6) is -0.349. The molecule has 0 radical (unpaired) electrons. The maximum atomic E-state index is 13.7. The van der Waals surface area contributed by atoms with Gasteiger partial charge >= 0.3 is 0 Å². The zero-order valence-electron chi connectivity index (χ0n) is 24.1. The largest absolute Gasteiger partial charge is 0.382 e. The molecule has 0 aliphatic carbocycles. The molecule has 42 heavy (non-hydrogen) atoms. The van der Waals surface area contributed by atoms with Gasteiger partial charge in [-0.1, -0.05) is 12.1 Å². The van der Waals surface area contributed by atoms with Crippen LogP contribution in [0.2, 0.25) is 0 Å². The zero-order chi connectivity index (χ0) is 29.1. The minimum Gasteiger partial charge on any atom is -0.382 e. The molecule has 3 aliphatic rings. The molecule has 3 aromatic carbocycles. The van der Waals surface area contributed by atoms with E-state index in [-0.39, 0.29) is 5.91 Å². The number of fused-ring (bicyclic) bond motifs is 1. The maximum Gasteiger partial charge on any atom is 0.257 e. The molecule has 2 saturated heterocycles. The lowest BCUT2D eigenvalue weighted by Crippen LogP contribution is -2.36. The lowest BCUT2D eigenvalue weighted by atomic mass is 9.89. The van der Waals surface area contributed by atoms with E-state index in [1.165, 1.54) is 12.1 Å². The Kier molecular flexibility index (Phi) is 8.63. The molecule has 0 spiro atoms. The van der Waals surface area contributed by atoms with Gasteiger partial charge in [-0.25, -0.2) is 8.78 Å². The highest BCUT2D eigenvalue weighted by Crippen LogP contribution is 2.27. The second-order valence-electron chi connectivity index (χ2n) is 11.9. The Balaban J connectivity index is 1.20. The molecule has 6 rings (SSSR count). The number of carbonyl (C=O) groups is 1. The van der Waals surface area contributed by atoms with Crippen LogP contribution in [-0.2, 0) is 24.1 Å². The highest BCUT2D eigenvalue weighted by Gasteiger charge is 2.24. The number of nitrogens with zero attached hydrogens (tertiary/aromatic N) is 2. The number of likely N-dealkylation sites (tertiary alicyclic amines) is 1. The van der Waals surface area contributed by atoms with E-state index < -0.39 is 11.6 Å². The van der Waals surface area contributed by atoms with Crippen LogP contribution in [0.15, 0.2) is 59.6 Å². The van der Waals surface area contributed by atoms with Crippen molar-refractivity contribution in [1.29, 1.82) is 0 Å². The van der Waals surface area contributed by atoms with E-state index >= 15 is 0 Å². The third-order valence-electron chi connectivity index (χ3n) is 8.69. The van der Waals surface area contributed by atoms with E-state index in [1.54, 1.807) is 0 Å². The fourth-order valence-corrected chi connectivity index (χ4v) is 6.30. The van der Waals surface area contributed by atoms with Crippen molar-refractivity contribution in [3.05, 3.63) is 99.6 Å². The number of rotatable bonds is 7. The van der Waals surface area contributed by atoms with Gasteiger partial charge in [-0.2, -0.15) is 0 Å². The summed E-state index contributed by atoms with van der Waals surface area (Å²) in [4.78, 5) is 20.7. The molecule has 1 amide bonds. The molecule has 0 bridgehead atoms. The van der Waals surface area contributed by atoms with E-state index in [2.05, 4.69) is 33.6 Å². The lowest BCUT2D eigenvalue weighted by Gasteiger charge is -2.30. The number of hydrogen-bond donors (Lipinski definition) is 2. The van der Waals surface area contributed by atoms with Crippen molar-refractivity contribution in [2.24, 2.45) is 10.9 Å². The average Bonchev–Trinajstić information content (AvgIpc) is 3.36. The standard InChI is InChI=1S/C34H38F2N4O2/c1-40-10-6-29(7-11-40)38-30-4-5-31(26(19-30)15-22-8-12-42-13-9-22)34(41)39-33-32-18-23(2-3-25(32)21-37-33)14-24-16-27(35)20-28(36)17-24/h2-5,16-20,22,29,38H,6-15,21H2,1H3,(H,37,39,41). The Labute approximate surface area is 246 Å². The highest BCUT2D eigenvalue weighted by molar-refractivity contribution is 6.14. The predicted molar refractivity (Wildman–Crippen MR) is 161 cm³/mol. The number of benzene rings is 3. The quantitative estimate of drug-likeness (QED) is 0.380. The number of piperidine rings is 1. The first-order chi connectivity index (χ1) is 20.4. The summed E-state index contributed by atoms with van der Waals surface area (Å²) in [5.41, 5.74) is 6.08. The smallest absolute Gasteiger partial charge is 0.257 e. The van der Waals surface area contributed by atoms with Crippen LogP contribution in [0.1, 0.15) is 63.9 Å². The van der Waals surface area contributed by atoms with E-state index in [9.17, 15) is 13.6 Å². The highest BCUT2D eigenvalue weighted by atomic mass is 19.1. The first-order valence-electron chi connectivity index (χ1n) is 15.0. The van der Waals surface area contributed by atoms with Crippen LogP contribution in [0.3, 0.4) is 0 Å². The van der Waals surface area contributed by atoms with Crippen LogP contribution < -0.4 is 10.6 Å². The van der Waals surface area contributed by atoms with Gasteiger partial charge in [-0.3, -0.25) is 9.79 Å². The van der Waals surface area contributed by atoms with Crippen molar-refractivity contribution in [2.75, 3.05) is 38.7 Å². The minimum atomic E-state index is -0.593. The van der Waals surface area contributed by atoms with Crippen molar-refractivity contribution in [2.45, 2.75) is 51.1 Å². The van der Waals surface area contributed by atoms with Crippen LogP contribution in [0.4, 0.5) is 14.5 Å². The third kappa shape index (κ3) is 6.88. The van der Waals surface area contributed by atoms with Gasteiger partial charge in [0.15, 0.2) is 0 Å². The summed E-state index contributed by atoms with van der Waals surface area (Å²) < 4.78 is 33.1. The first-order valence-corrected chi connectivity index (χ1v) is 15.0. The zero-order valence-corrected chi connectivity index (χ0v) is 24.1. The van der Waals surface area contributed by atoms with Crippen LogP contribution in [0.25, 0.3) is 0 Å². The molecule has 0 aromatic heterocycles. The molecule has 220 valence electrons. The molecule has 2 N–H and O–H groups in total. The SMILES string of the molecule is CN1CCC(Nc2ccc(C(=O)NC3=NCc4ccc(Cc5cc(F)cc(F)c5)cc43)c(CC3CCOCC3)c2)CC1. The summed E-state index contributed by atoms with van der Waals surface area (Å²) in [6.45, 7) is 4.17. The molecule has 3 heterocycles. The molecule has 8 heteroatoms. The number of halogens is 2. The summed E-state index contributed by atoms with van der Waals surface area (Å²) in [5, 5.41) is 6.80. The summed E-state index contributed by atoms with van der Waals surface area (Å²) >= 11 is 0. The van der Waals surface area contributed by atoms with E-state index in [0.29, 0.717) is 41.9 Å². The normalized spacial score (nSPS) is 18.0. The Morgan fingerprint density at radius 3 is 2.48 bits per heavy atom. The summed E-state index contributed by atoms with van der Waals surface area (Å²) in [6, 6.07) is 16.0. The molecule has 0 saturated carbocycles. The van der Waals surface area contributed by atoms with Crippen LogP contribution in [-0.4, -0.2) is 56.0 Å². The van der Waals surface area contributed by atoms with Gasteiger partial charge in [0, 0.05) is 42.1 Å². The monoisotopic (exact) mass is 572 g/mol. The lowest BCUT2D eigenvalue weighted by molar-refractivity contribution is 0.0664. The molecule has 0 atom stereocenters. The minimum absolute atomic E-state index is 0.174. The van der Waals surface area contributed by atoms with Crippen molar-refractivity contribution in [1.82, 2.24) is 10.2 Å². The van der Waals surface area contributed by atoms with Gasteiger partial charge in [-0.05, 0) is 123 Å². The Morgan fingerprint density at radius 2 is 1.71 bits per heavy atom. The van der Waals surface area contributed by atoms with Gasteiger partial charge in [-0.15, -0.1) is 0 Å². The van der Waals surface area contributed by atoms with Crippen molar-refractivity contribution >= 4 is 17.4 Å². The molecular weight excluding hydrogens is 534 g/mol. The van der Waals surface area contributed by atoms with Crippen molar-refractivity contribution < 1.29 is 18.3 Å². The number of carbonyl (C=O) groups excluding carboxylic acids is 1. The number of amidine groups is 1. The van der Waals surface area contributed by atoms with Gasteiger partial charge in [0.1, 0.15) is 17.5 Å². The molecular formula is C34H38F2N4O2. The van der Waals surface area contributed by atoms with Gasteiger partial charge in [0.25, 0.3) is 5.91 Å². The van der Waals surface area contributed by atoms with E-state index in [1.807, 2.05) is 30.3 Å². The average molecular weight is 573 g/mol. The molecule has 0 unspecified atom stereocenters. The molecule has 6 nitrogen and oxygen atoms in total. The Morgan fingerprint density at radius 1 is 0.952 bits per heavy atom. The summed E-state index contributed by atoms with van der Waals surface area (Å²) in [7, 11) is 2.16. The first kappa shape index (κ1) is 28.5.